The van der Waals surface area contributed by atoms with Crippen molar-refractivity contribution in [1.29, 1.82) is 0 Å². The van der Waals surface area contributed by atoms with Crippen molar-refractivity contribution < 1.29 is 19.7 Å². The lowest BCUT2D eigenvalue weighted by Crippen LogP contribution is -2.18. The number of hydrogen-bond acceptors (Lipinski definition) is 4. The van der Waals surface area contributed by atoms with Crippen molar-refractivity contribution in [2.24, 2.45) is 5.92 Å². The van der Waals surface area contributed by atoms with E-state index >= 15 is 0 Å². The quantitative estimate of drug-likeness (QED) is 0.517. The maximum atomic E-state index is 11.6. The van der Waals surface area contributed by atoms with E-state index in [1.165, 1.54) is 44.1 Å². The Morgan fingerprint density at radius 1 is 1.19 bits per heavy atom. The van der Waals surface area contributed by atoms with Gasteiger partial charge in [-0.3, -0.25) is 0 Å². The molecule has 0 radical (unpaired) electrons. The van der Waals surface area contributed by atoms with Crippen LogP contribution in [0.4, 0.5) is 0 Å². The number of carbonyl (C=O) groups excluding carboxylic acids is 1. The minimum absolute atomic E-state index is 0.0238. The zero-order valence-corrected chi connectivity index (χ0v) is 15.8. The van der Waals surface area contributed by atoms with Gasteiger partial charge >= 0.3 is 5.97 Å². The van der Waals surface area contributed by atoms with Gasteiger partial charge < -0.3 is 14.9 Å². The summed E-state index contributed by atoms with van der Waals surface area (Å²) in [7, 11) is 0. The number of aliphatic hydroxyl groups excluding tert-OH is 2. The summed E-state index contributed by atoms with van der Waals surface area (Å²) in [5.74, 6) is 0.652. The molecule has 0 bridgehead atoms. The van der Waals surface area contributed by atoms with Crippen molar-refractivity contribution in [2.45, 2.75) is 57.3 Å². The fourth-order valence-corrected chi connectivity index (χ4v) is 3.83. The lowest BCUT2D eigenvalue weighted by atomic mass is 9.77. The third kappa shape index (κ3) is 5.68. The van der Waals surface area contributed by atoms with Crippen LogP contribution < -0.4 is 0 Å². The molecule has 4 heteroatoms. The summed E-state index contributed by atoms with van der Waals surface area (Å²) in [6.45, 7) is 5.27. The molecule has 0 aromatic heterocycles. The van der Waals surface area contributed by atoms with Crippen LogP contribution in [-0.2, 0) is 9.53 Å². The number of esters is 1. The van der Waals surface area contributed by atoms with Crippen LogP contribution in [0.1, 0.15) is 68.4 Å². The van der Waals surface area contributed by atoms with Gasteiger partial charge in [0, 0.05) is 5.92 Å². The number of hydrogen-bond donors (Lipinski definition) is 2. The second kappa shape index (κ2) is 10.5. The van der Waals surface area contributed by atoms with Gasteiger partial charge in [-0.1, -0.05) is 50.6 Å². The second-order valence-corrected chi connectivity index (χ2v) is 7.41. The Hall–Kier alpha value is -1.65. The maximum Gasteiger partial charge on any atom is 0.335 e. The molecule has 0 heterocycles. The lowest BCUT2D eigenvalue weighted by molar-refractivity contribution is -0.140. The molecule has 1 unspecified atom stereocenters. The van der Waals surface area contributed by atoms with Gasteiger partial charge in [0.1, 0.15) is 6.61 Å². The standard InChI is InChI=1S/C22H32O4/c1-3-4-17-5-7-18(8-6-17)19-9-11-20(12-10-19)21(14-24)15-26-22(25)16(2)13-23/h9-12,17-18,21,23-24H,2-8,13-15H2,1H3. The average molecular weight is 360 g/mol. The molecule has 26 heavy (non-hydrogen) atoms. The summed E-state index contributed by atoms with van der Waals surface area (Å²) < 4.78 is 5.12. The Bertz CT molecular complexity index is 570. The summed E-state index contributed by atoms with van der Waals surface area (Å²) in [6.07, 6.45) is 7.80. The summed E-state index contributed by atoms with van der Waals surface area (Å²) in [5, 5.41) is 18.5. The van der Waals surface area contributed by atoms with E-state index in [1.807, 2.05) is 12.1 Å². The van der Waals surface area contributed by atoms with Crippen molar-refractivity contribution in [3.05, 3.63) is 47.5 Å². The molecule has 144 valence electrons. The second-order valence-electron chi connectivity index (χ2n) is 7.41. The molecule has 0 amide bonds. The largest absolute Gasteiger partial charge is 0.462 e. The van der Waals surface area contributed by atoms with Gasteiger partial charge in [-0.15, -0.1) is 0 Å². The first kappa shape index (κ1) is 20.7. The Morgan fingerprint density at radius 3 is 2.38 bits per heavy atom. The highest BCUT2D eigenvalue weighted by Crippen LogP contribution is 2.37. The molecule has 0 aliphatic heterocycles. The van der Waals surface area contributed by atoms with Crippen molar-refractivity contribution in [1.82, 2.24) is 0 Å². The molecule has 0 saturated heterocycles. The topological polar surface area (TPSA) is 66.8 Å². The number of carbonyl (C=O) groups is 1. The highest BCUT2D eigenvalue weighted by molar-refractivity contribution is 5.87. The third-order valence-corrected chi connectivity index (χ3v) is 5.54. The summed E-state index contributed by atoms with van der Waals surface area (Å²) in [4.78, 5) is 11.6. The maximum absolute atomic E-state index is 11.6. The number of benzene rings is 1. The molecule has 1 saturated carbocycles. The molecule has 2 rings (SSSR count). The van der Waals surface area contributed by atoms with Crippen LogP contribution in [0.15, 0.2) is 36.4 Å². The fraction of sp³-hybridized carbons (Fsp3) is 0.591. The van der Waals surface area contributed by atoms with Crippen LogP contribution in [0, 0.1) is 5.92 Å². The molecule has 0 spiro atoms. The highest BCUT2D eigenvalue weighted by atomic mass is 16.5. The Morgan fingerprint density at radius 2 is 1.85 bits per heavy atom. The molecule has 1 aromatic carbocycles. The van der Waals surface area contributed by atoms with E-state index in [0.29, 0.717) is 5.92 Å². The average Bonchev–Trinajstić information content (AvgIpc) is 2.69. The van der Waals surface area contributed by atoms with E-state index in [2.05, 4.69) is 25.6 Å². The molecule has 1 aliphatic rings. The molecular formula is C22H32O4. The monoisotopic (exact) mass is 360 g/mol. The molecular weight excluding hydrogens is 328 g/mol. The van der Waals surface area contributed by atoms with Gasteiger partial charge in [0.2, 0.25) is 0 Å². The van der Waals surface area contributed by atoms with E-state index in [-0.39, 0.29) is 24.7 Å². The summed E-state index contributed by atoms with van der Waals surface area (Å²) >= 11 is 0. The van der Waals surface area contributed by atoms with Gasteiger partial charge in [0.15, 0.2) is 0 Å². The van der Waals surface area contributed by atoms with Crippen LogP contribution in [0.25, 0.3) is 0 Å². The highest BCUT2D eigenvalue weighted by Gasteiger charge is 2.22. The summed E-state index contributed by atoms with van der Waals surface area (Å²) in [5.41, 5.74) is 2.35. The molecule has 4 nitrogen and oxygen atoms in total. The van der Waals surface area contributed by atoms with Crippen LogP contribution in [0.2, 0.25) is 0 Å². The minimum atomic E-state index is -0.619. The van der Waals surface area contributed by atoms with Gasteiger partial charge in [0.05, 0.1) is 18.8 Å². The number of ether oxygens (including phenoxy) is 1. The van der Waals surface area contributed by atoms with E-state index in [0.717, 1.165) is 11.5 Å². The minimum Gasteiger partial charge on any atom is -0.462 e. The molecule has 1 atom stereocenters. The van der Waals surface area contributed by atoms with Crippen molar-refractivity contribution in [2.75, 3.05) is 19.8 Å². The van der Waals surface area contributed by atoms with Crippen LogP contribution in [0.3, 0.4) is 0 Å². The van der Waals surface area contributed by atoms with Crippen LogP contribution >= 0.6 is 0 Å². The normalized spacial score (nSPS) is 21.2. The first-order valence-electron chi connectivity index (χ1n) is 9.75. The van der Waals surface area contributed by atoms with Crippen molar-refractivity contribution in [3.8, 4) is 0 Å². The number of rotatable bonds is 9. The van der Waals surface area contributed by atoms with Crippen LogP contribution in [-0.4, -0.2) is 36.0 Å². The molecule has 1 fully saturated rings. The predicted octanol–water partition coefficient (Wildman–Crippen LogP) is 3.93. The van der Waals surface area contributed by atoms with E-state index in [9.17, 15) is 9.90 Å². The zero-order valence-electron chi connectivity index (χ0n) is 15.8. The fourth-order valence-electron chi connectivity index (χ4n) is 3.83. The smallest absolute Gasteiger partial charge is 0.335 e. The van der Waals surface area contributed by atoms with Crippen molar-refractivity contribution >= 4 is 5.97 Å². The Labute approximate surface area is 156 Å². The van der Waals surface area contributed by atoms with Crippen LogP contribution in [0.5, 0.6) is 0 Å². The van der Waals surface area contributed by atoms with E-state index < -0.39 is 12.6 Å². The summed E-state index contributed by atoms with van der Waals surface area (Å²) in [6, 6.07) is 8.36. The van der Waals surface area contributed by atoms with E-state index in [1.54, 1.807) is 0 Å². The van der Waals surface area contributed by atoms with Crippen molar-refractivity contribution in [3.63, 3.8) is 0 Å². The third-order valence-electron chi connectivity index (χ3n) is 5.54. The number of aliphatic hydroxyl groups is 2. The lowest BCUT2D eigenvalue weighted by Gasteiger charge is -2.29. The van der Waals surface area contributed by atoms with Gasteiger partial charge in [-0.2, -0.15) is 0 Å². The Kier molecular flexibility index (Phi) is 8.33. The first-order valence-corrected chi connectivity index (χ1v) is 9.75. The SMILES string of the molecule is C=C(CO)C(=O)OCC(CO)c1ccc(C2CCC(CCC)CC2)cc1. The van der Waals surface area contributed by atoms with E-state index in [4.69, 9.17) is 9.84 Å². The van der Waals surface area contributed by atoms with Gasteiger partial charge in [-0.05, 0) is 48.6 Å². The molecule has 1 aliphatic carbocycles. The first-order chi connectivity index (χ1) is 12.6. The van der Waals surface area contributed by atoms with Gasteiger partial charge in [0.25, 0.3) is 0 Å². The predicted molar refractivity (Wildman–Crippen MR) is 103 cm³/mol. The Balaban J connectivity index is 1.90. The van der Waals surface area contributed by atoms with Gasteiger partial charge in [-0.25, -0.2) is 4.79 Å². The zero-order chi connectivity index (χ0) is 18.9. The molecule has 1 aromatic rings. The molecule has 2 N–H and O–H groups in total.